The Hall–Kier alpha value is -2.41. The first kappa shape index (κ1) is 12.3. The van der Waals surface area contributed by atoms with Crippen molar-refractivity contribution in [2.45, 2.75) is 19.3 Å². The van der Waals surface area contributed by atoms with E-state index in [-0.39, 0.29) is 0 Å². The molecule has 1 nitrogen and oxygen atoms in total. The van der Waals surface area contributed by atoms with Gasteiger partial charge >= 0.3 is 0 Å². The second kappa shape index (κ2) is 5.17. The van der Waals surface area contributed by atoms with Gasteiger partial charge in [-0.05, 0) is 46.8 Å². The van der Waals surface area contributed by atoms with Crippen LogP contribution in [0.25, 0.3) is 11.1 Å². The molecule has 0 radical (unpaired) electrons. The van der Waals surface area contributed by atoms with Crippen LogP contribution < -0.4 is 0 Å². The van der Waals surface area contributed by atoms with E-state index in [2.05, 4.69) is 65.7 Å². The molecule has 2 aromatic carbocycles. The molecule has 0 saturated carbocycles. The zero-order chi connectivity index (χ0) is 14.1. The van der Waals surface area contributed by atoms with Crippen LogP contribution in [0.4, 0.5) is 0 Å². The normalized spacial score (nSPS) is 15.7. The Morgan fingerprint density at radius 2 is 1.57 bits per heavy atom. The molecule has 0 N–H and O–H groups in total. The maximum atomic E-state index is 4.62. The topological polar surface area (TPSA) is 12.4 Å². The monoisotopic (exact) mass is 271 g/mol. The fraction of sp³-hybridized carbons (Fsp3) is 0.150. The molecule has 102 valence electrons. The molecule has 0 spiro atoms. The number of rotatable bonds is 3. The summed E-state index contributed by atoms with van der Waals surface area (Å²) in [6.45, 7) is 0. The predicted molar refractivity (Wildman–Crippen MR) is 89.2 cm³/mol. The Morgan fingerprint density at radius 1 is 0.810 bits per heavy atom. The van der Waals surface area contributed by atoms with E-state index in [1.54, 1.807) is 0 Å². The summed E-state index contributed by atoms with van der Waals surface area (Å²) in [6, 6.07) is 19.4. The summed E-state index contributed by atoms with van der Waals surface area (Å²) in [4.78, 5) is 4.62. The highest BCUT2D eigenvalue weighted by atomic mass is 14.7. The van der Waals surface area contributed by atoms with Crippen molar-refractivity contribution >= 4 is 17.4 Å². The zero-order valence-electron chi connectivity index (χ0n) is 11.9. The van der Waals surface area contributed by atoms with Crippen LogP contribution in [0.1, 0.15) is 29.5 Å². The Kier molecular flexibility index (Phi) is 3.04. The summed E-state index contributed by atoms with van der Waals surface area (Å²) < 4.78 is 0. The minimum Gasteiger partial charge on any atom is -0.261 e. The van der Waals surface area contributed by atoms with Crippen LogP contribution in [0, 0.1) is 0 Å². The van der Waals surface area contributed by atoms with Crippen LogP contribution >= 0.6 is 0 Å². The molecule has 2 bridgehead atoms. The highest BCUT2D eigenvalue weighted by Crippen LogP contribution is 2.41. The average Bonchev–Trinajstić information content (AvgIpc) is 2.56. The van der Waals surface area contributed by atoms with Gasteiger partial charge in [-0.2, -0.15) is 0 Å². The predicted octanol–water partition coefficient (Wildman–Crippen LogP) is 4.90. The quantitative estimate of drug-likeness (QED) is 0.752. The standard InChI is InChI=1S/C20H17N/c1-2-6-15(7-3-1)10-11-19-18-9-5-4-8-17(18)16-12-13-21-20(19)14-16/h1-9,12-13H,10-11,14H2. The molecule has 0 unspecified atom stereocenters. The van der Waals surface area contributed by atoms with Crippen LogP contribution in [-0.4, -0.2) is 6.21 Å². The van der Waals surface area contributed by atoms with E-state index in [0.29, 0.717) is 0 Å². The smallest absolute Gasteiger partial charge is 0.0485 e. The molecule has 1 aliphatic carbocycles. The van der Waals surface area contributed by atoms with E-state index in [1.165, 1.54) is 33.5 Å². The third-order valence-electron chi connectivity index (χ3n) is 4.32. The average molecular weight is 271 g/mol. The molecule has 2 aliphatic rings. The second-order valence-electron chi connectivity index (χ2n) is 5.60. The van der Waals surface area contributed by atoms with Crippen LogP contribution in [0.2, 0.25) is 0 Å². The molecule has 2 aromatic rings. The molecule has 4 rings (SSSR count). The van der Waals surface area contributed by atoms with E-state index < -0.39 is 0 Å². The summed E-state index contributed by atoms with van der Waals surface area (Å²) in [5, 5.41) is 0. The van der Waals surface area contributed by atoms with Crippen molar-refractivity contribution in [3.05, 3.63) is 83.1 Å². The van der Waals surface area contributed by atoms with Crippen molar-refractivity contribution in [1.82, 2.24) is 0 Å². The fourth-order valence-electron chi connectivity index (χ4n) is 3.25. The summed E-state index contributed by atoms with van der Waals surface area (Å²) in [5.74, 6) is 0. The molecular weight excluding hydrogens is 254 g/mol. The van der Waals surface area contributed by atoms with Crippen molar-refractivity contribution in [2.75, 3.05) is 0 Å². The van der Waals surface area contributed by atoms with Gasteiger partial charge in [0.05, 0.1) is 0 Å². The number of hydrogen-bond acceptors (Lipinski definition) is 1. The Morgan fingerprint density at radius 3 is 2.43 bits per heavy atom. The lowest BCUT2D eigenvalue weighted by Gasteiger charge is -2.25. The van der Waals surface area contributed by atoms with Crippen molar-refractivity contribution in [3.8, 4) is 0 Å². The molecule has 0 aromatic heterocycles. The van der Waals surface area contributed by atoms with Crippen molar-refractivity contribution in [3.63, 3.8) is 0 Å². The number of aliphatic imine (C=N–C) groups is 1. The Balaban J connectivity index is 1.70. The van der Waals surface area contributed by atoms with E-state index in [1.807, 2.05) is 6.21 Å². The summed E-state index contributed by atoms with van der Waals surface area (Å²) in [6.07, 6.45) is 7.21. The van der Waals surface area contributed by atoms with Gasteiger partial charge in [0, 0.05) is 18.3 Å². The summed E-state index contributed by atoms with van der Waals surface area (Å²) in [7, 11) is 0. The van der Waals surface area contributed by atoms with E-state index in [0.717, 1.165) is 19.3 Å². The molecule has 21 heavy (non-hydrogen) atoms. The summed E-state index contributed by atoms with van der Waals surface area (Å²) >= 11 is 0. The van der Waals surface area contributed by atoms with Crippen molar-refractivity contribution in [2.24, 2.45) is 4.99 Å². The van der Waals surface area contributed by atoms with Gasteiger partial charge in [0.2, 0.25) is 0 Å². The van der Waals surface area contributed by atoms with Gasteiger partial charge in [-0.15, -0.1) is 0 Å². The Labute approximate surface area is 125 Å². The van der Waals surface area contributed by atoms with Gasteiger partial charge in [-0.3, -0.25) is 4.99 Å². The van der Waals surface area contributed by atoms with Gasteiger partial charge < -0.3 is 0 Å². The highest BCUT2D eigenvalue weighted by molar-refractivity contribution is 5.96. The van der Waals surface area contributed by atoms with E-state index in [9.17, 15) is 0 Å². The largest absolute Gasteiger partial charge is 0.261 e. The number of fused-ring (bicyclic) bond motifs is 4. The van der Waals surface area contributed by atoms with Crippen molar-refractivity contribution in [1.29, 1.82) is 0 Å². The third-order valence-corrected chi connectivity index (χ3v) is 4.32. The number of benzene rings is 2. The van der Waals surface area contributed by atoms with E-state index >= 15 is 0 Å². The van der Waals surface area contributed by atoms with Gasteiger partial charge in [0.25, 0.3) is 0 Å². The van der Waals surface area contributed by atoms with Gasteiger partial charge in [-0.25, -0.2) is 0 Å². The number of aryl methyl sites for hydroxylation is 1. The molecule has 0 saturated heterocycles. The Bertz CT molecular complexity index is 763. The first-order chi connectivity index (χ1) is 10.4. The maximum Gasteiger partial charge on any atom is 0.0485 e. The maximum absolute atomic E-state index is 4.62. The minimum atomic E-state index is 0.984. The third kappa shape index (κ3) is 2.25. The van der Waals surface area contributed by atoms with Gasteiger partial charge in [0.15, 0.2) is 0 Å². The van der Waals surface area contributed by atoms with Crippen LogP contribution in [0.3, 0.4) is 0 Å². The molecule has 0 atom stereocenters. The zero-order valence-corrected chi connectivity index (χ0v) is 11.9. The van der Waals surface area contributed by atoms with Gasteiger partial charge in [0.1, 0.15) is 0 Å². The lowest BCUT2D eigenvalue weighted by Crippen LogP contribution is -2.07. The van der Waals surface area contributed by atoms with E-state index in [4.69, 9.17) is 0 Å². The molecule has 0 amide bonds. The molecule has 1 heterocycles. The fourth-order valence-corrected chi connectivity index (χ4v) is 3.25. The summed E-state index contributed by atoms with van der Waals surface area (Å²) in [5.41, 5.74) is 8.22. The van der Waals surface area contributed by atoms with Gasteiger partial charge in [-0.1, -0.05) is 54.6 Å². The number of allylic oxidation sites excluding steroid dienone is 3. The number of dihydropyridines is 1. The molecule has 1 aliphatic heterocycles. The first-order valence-electron chi connectivity index (χ1n) is 7.51. The lowest BCUT2D eigenvalue weighted by atomic mass is 9.82. The molecular formula is C20H17N. The number of hydrogen-bond donors (Lipinski definition) is 0. The second-order valence-corrected chi connectivity index (χ2v) is 5.60. The molecule has 1 heteroatoms. The molecule has 0 fully saturated rings. The minimum absolute atomic E-state index is 0.984. The number of nitrogens with zero attached hydrogens (tertiary/aromatic N) is 1. The highest BCUT2D eigenvalue weighted by Gasteiger charge is 2.22. The van der Waals surface area contributed by atoms with Crippen LogP contribution in [-0.2, 0) is 6.42 Å². The van der Waals surface area contributed by atoms with Crippen molar-refractivity contribution < 1.29 is 0 Å². The SMILES string of the molecule is C1=NC2=C(CCc3ccccc3)c3ccccc3C(=C1)C2. The van der Waals surface area contributed by atoms with Crippen LogP contribution in [0.15, 0.2) is 71.4 Å². The lowest BCUT2D eigenvalue weighted by molar-refractivity contribution is 0.984. The first-order valence-corrected chi connectivity index (χ1v) is 7.51. The van der Waals surface area contributed by atoms with Crippen LogP contribution in [0.5, 0.6) is 0 Å².